The first-order valence-electron chi connectivity index (χ1n) is 6.70. The molecule has 1 aliphatic rings. The lowest BCUT2D eigenvalue weighted by molar-refractivity contribution is -0.115. The third-order valence-corrected chi connectivity index (χ3v) is 4.56. The molecule has 2 heterocycles. The maximum Gasteiger partial charge on any atom is 0.214 e. The van der Waals surface area contributed by atoms with Gasteiger partial charge >= 0.3 is 0 Å². The van der Waals surface area contributed by atoms with Gasteiger partial charge in [-0.05, 0) is 29.3 Å². The molecule has 102 valence electrons. The highest BCUT2D eigenvalue weighted by atomic mass is 32.1. The van der Waals surface area contributed by atoms with Gasteiger partial charge in [0.15, 0.2) is 0 Å². The highest BCUT2D eigenvalue weighted by Gasteiger charge is 2.18. The van der Waals surface area contributed by atoms with Crippen molar-refractivity contribution in [3.05, 3.63) is 64.7 Å². The highest BCUT2D eigenvalue weighted by molar-refractivity contribution is 7.16. The fourth-order valence-electron chi connectivity index (χ4n) is 2.68. The van der Waals surface area contributed by atoms with Crippen LogP contribution in [0.1, 0.15) is 16.7 Å². The van der Waals surface area contributed by atoms with E-state index in [0.717, 1.165) is 27.9 Å². The summed E-state index contributed by atoms with van der Waals surface area (Å²) < 4.78 is 1.16. The Bertz CT molecular complexity index is 866. The predicted octanol–water partition coefficient (Wildman–Crippen LogP) is 3.77. The van der Waals surface area contributed by atoms with Gasteiger partial charge in [0.05, 0.1) is 28.0 Å². The number of rotatable bonds is 2. The molecule has 2 aromatic carbocycles. The van der Waals surface area contributed by atoms with E-state index >= 15 is 0 Å². The van der Waals surface area contributed by atoms with Crippen LogP contribution in [0.3, 0.4) is 0 Å². The monoisotopic (exact) mass is 292 g/mol. The van der Waals surface area contributed by atoms with Crippen molar-refractivity contribution in [2.45, 2.75) is 6.54 Å². The van der Waals surface area contributed by atoms with Crippen LogP contribution in [0.15, 0.2) is 48.0 Å². The average molecular weight is 292 g/mol. The molecule has 21 heavy (non-hydrogen) atoms. The van der Waals surface area contributed by atoms with Gasteiger partial charge in [-0.3, -0.25) is 4.79 Å². The van der Waals surface area contributed by atoms with Crippen LogP contribution in [0, 0.1) is 0 Å². The van der Waals surface area contributed by atoms with Gasteiger partial charge in [0, 0.05) is 5.56 Å². The zero-order valence-corrected chi connectivity index (χ0v) is 12.0. The molecule has 0 aliphatic carbocycles. The number of aromatic nitrogens is 1. The average Bonchev–Trinajstić information content (AvgIpc) is 3.01. The van der Waals surface area contributed by atoms with Gasteiger partial charge in [0.2, 0.25) is 6.41 Å². The summed E-state index contributed by atoms with van der Waals surface area (Å²) in [5.41, 5.74) is 7.11. The summed E-state index contributed by atoms with van der Waals surface area (Å²) in [6.07, 6.45) is 2.97. The summed E-state index contributed by atoms with van der Waals surface area (Å²) >= 11 is 1.62. The second-order valence-corrected chi connectivity index (χ2v) is 5.88. The number of carbonyl (C=O) groups is 1. The third kappa shape index (κ3) is 2.04. The number of thiazole rings is 1. The molecule has 0 spiro atoms. The molecule has 3 nitrogen and oxygen atoms in total. The smallest absolute Gasteiger partial charge is 0.214 e. The summed E-state index contributed by atoms with van der Waals surface area (Å²) in [5.74, 6) is 0. The minimum Gasteiger partial charge on any atom is -0.310 e. The molecule has 0 unspecified atom stereocenters. The van der Waals surface area contributed by atoms with Gasteiger partial charge in [0.1, 0.15) is 0 Å². The minimum absolute atomic E-state index is 0.612. The van der Waals surface area contributed by atoms with Crippen LogP contribution in [0.2, 0.25) is 0 Å². The number of amides is 1. The Morgan fingerprint density at radius 1 is 1.19 bits per heavy atom. The molecule has 4 rings (SSSR count). The third-order valence-electron chi connectivity index (χ3n) is 3.75. The largest absolute Gasteiger partial charge is 0.310 e. The van der Waals surface area contributed by atoms with Gasteiger partial charge in [-0.15, -0.1) is 11.3 Å². The van der Waals surface area contributed by atoms with E-state index in [2.05, 4.69) is 35.3 Å². The highest BCUT2D eigenvalue weighted by Crippen LogP contribution is 2.31. The van der Waals surface area contributed by atoms with E-state index in [4.69, 9.17) is 0 Å². The maximum absolute atomic E-state index is 11.4. The van der Waals surface area contributed by atoms with E-state index < -0.39 is 0 Å². The second kappa shape index (κ2) is 4.82. The standard InChI is InChI=1S/C17H12N2OS/c20-11-19-9-14-4-2-1-3-12(14)8-16(19)13-5-6-17-15(7-13)18-10-21-17/h1-8,10-11H,9H2. The molecule has 0 N–H and O–H groups in total. The number of hydrogen-bond acceptors (Lipinski definition) is 3. The Morgan fingerprint density at radius 3 is 3.00 bits per heavy atom. The first-order valence-corrected chi connectivity index (χ1v) is 7.58. The molecular weight excluding hydrogens is 280 g/mol. The fraction of sp³-hybridized carbons (Fsp3) is 0.0588. The zero-order valence-electron chi connectivity index (χ0n) is 11.2. The molecule has 0 radical (unpaired) electrons. The van der Waals surface area contributed by atoms with Crippen LogP contribution in [-0.4, -0.2) is 16.3 Å². The van der Waals surface area contributed by atoms with Crippen molar-refractivity contribution < 1.29 is 4.79 Å². The van der Waals surface area contributed by atoms with E-state index in [1.165, 1.54) is 11.1 Å². The van der Waals surface area contributed by atoms with Crippen molar-refractivity contribution in [3.63, 3.8) is 0 Å². The van der Waals surface area contributed by atoms with Gasteiger partial charge in [-0.2, -0.15) is 0 Å². The molecule has 0 fully saturated rings. The van der Waals surface area contributed by atoms with Crippen molar-refractivity contribution in [1.29, 1.82) is 0 Å². The summed E-state index contributed by atoms with van der Waals surface area (Å²) in [5, 5.41) is 0. The molecule has 3 aromatic rings. The maximum atomic E-state index is 11.4. The topological polar surface area (TPSA) is 33.2 Å². The normalized spacial score (nSPS) is 13.9. The van der Waals surface area contributed by atoms with E-state index in [9.17, 15) is 4.79 Å². The Kier molecular flexibility index (Phi) is 2.82. The fourth-order valence-corrected chi connectivity index (χ4v) is 3.34. The lowest BCUT2D eigenvalue weighted by Crippen LogP contribution is -2.23. The lowest BCUT2D eigenvalue weighted by Gasteiger charge is -2.26. The van der Waals surface area contributed by atoms with Crippen LogP contribution >= 0.6 is 11.3 Å². The van der Waals surface area contributed by atoms with E-state index in [-0.39, 0.29) is 0 Å². The Morgan fingerprint density at radius 2 is 2.10 bits per heavy atom. The SMILES string of the molecule is O=CN1Cc2ccccc2C=C1c1ccc2scnc2c1. The van der Waals surface area contributed by atoms with Gasteiger partial charge in [0.25, 0.3) is 0 Å². The van der Waals surface area contributed by atoms with Crippen molar-refractivity contribution in [1.82, 2.24) is 9.88 Å². The molecule has 0 saturated heterocycles. The Hall–Kier alpha value is -2.46. The van der Waals surface area contributed by atoms with Crippen LogP contribution in [0.25, 0.3) is 22.0 Å². The Labute approximate surface area is 126 Å². The van der Waals surface area contributed by atoms with Gasteiger partial charge < -0.3 is 4.90 Å². The van der Waals surface area contributed by atoms with E-state index in [1.54, 1.807) is 16.2 Å². The number of fused-ring (bicyclic) bond motifs is 2. The van der Waals surface area contributed by atoms with Crippen molar-refractivity contribution in [3.8, 4) is 0 Å². The zero-order chi connectivity index (χ0) is 14.2. The van der Waals surface area contributed by atoms with Crippen molar-refractivity contribution in [2.75, 3.05) is 0 Å². The number of benzene rings is 2. The minimum atomic E-state index is 0.612. The van der Waals surface area contributed by atoms with Crippen molar-refractivity contribution >= 4 is 39.7 Å². The summed E-state index contributed by atoms with van der Waals surface area (Å²) in [4.78, 5) is 17.5. The molecule has 1 amide bonds. The molecule has 0 atom stereocenters. The Balaban J connectivity index is 1.88. The molecule has 1 aromatic heterocycles. The second-order valence-electron chi connectivity index (χ2n) is 5.00. The first-order chi connectivity index (χ1) is 10.3. The van der Waals surface area contributed by atoms with Crippen LogP contribution in [-0.2, 0) is 11.3 Å². The van der Waals surface area contributed by atoms with Crippen LogP contribution in [0.4, 0.5) is 0 Å². The summed E-state index contributed by atoms with van der Waals surface area (Å²) in [6, 6.07) is 14.3. The molecule has 0 bridgehead atoms. The number of hydrogen-bond donors (Lipinski definition) is 0. The molecule has 4 heteroatoms. The van der Waals surface area contributed by atoms with E-state index in [1.807, 2.05) is 23.7 Å². The molecular formula is C17H12N2OS. The number of nitrogens with zero attached hydrogens (tertiary/aromatic N) is 2. The predicted molar refractivity (Wildman–Crippen MR) is 85.5 cm³/mol. The van der Waals surface area contributed by atoms with Crippen molar-refractivity contribution in [2.24, 2.45) is 0 Å². The number of carbonyl (C=O) groups excluding carboxylic acids is 1. The summed E-state index contributed by atoms with van der Waals surface area (Å²) in [7, 11) is 0. The summed E-state index contributed by atoms with van der Waals surface area (Å²) in [6.45, 7) is 0.612. The van der Waals surface area contributed by atoms with E-state index in [0.29, 0.717) is 6.54 Å². The van der Waals surface area contributed by atoms with Gasteiger partial charge in [-0.25, -0.2) is 4.98 Å². The molecule has 0 saturated carbocycles. The molecule has 1 aliphatic heterocycles. The van der Waals surface area contributed by atoms with Gasteiger partial charge in [-0.1, -0.05) is 30.3 Å². The quantitative estimate of drug-likeness (QED) is 0.674. The lowest BCUT2D eigenvalue weighted by atomic mass is 9.98. The first kappa shape index (κ1) is 12.3. The van der Waals surface area contributed by atoms with Crippen LogP contribution < -0.4 is 0 Å². The van der Waals surface area contributed by atoms with Crippen LogP contribution in [0.5, 0.6) is 0 Å².